The van der Waals surface area contributed by atoms with Crippen molar-refractivity contribution in [1.82, 2.24) is 10.2 Å². The highest BCUT2D eigenvalue weighted by atomic mass is 15.2. The van der Waals surface area contributed by atoms with Gasteiger partial charge in [0, 0.05) is 18.1 Å². The van der Waals surface area contributed by atoms with Crippen molar-refractivity contribution < 1.29 is 0 Å². The Morgan fingerprint density at radius 2 is 2.06 bits per heavy atom. The van der Waals surface area contributed by atoms with E-state index in [1.165, 1.54) is 45.3 Å². The highest BCUT2D eigenvalue weighted by molar-refractivity contribution is 4.82. The third kappa shape index (κ3) is 5.87. The normalized spacial score (nSPS) is 24.2. The summed E-state index contributed by atoms with van der Waals surface area (Å²) in [5.74, 6) is 0.860. The second-order valence-electron chi connectivity index (χ2n) is 6.77. The number of rotatable bonds is 6. The highest BCUT2D eigenvalue weighted by Crippen LogP contribution is 2.21. The summed E-state index contributed by atoms with van der Waals surface area (Å²) in [5.41, 5.74) is 0.265. The Kier molecular flexibility index (Phi) is 5.94. The van der Waals surface area contributed by atoms with E-state index in [2.05, 4.69) is 44.8 Å². The summed E-state index contributed by atoms with van der Waals surface area (Å²) in [4.78, 5) is 2.69. The van der Waals surface area contributed by atoms with Gasteiger partial charge in [0.05, 0.1) is 0 Å². The number of unbranched alkanes of at least 4 members (excludes halogenated alkanes) is 1. The fourth-order valence-electron chi connectivity index (χ4n) is 2.56. The Morgan fingerprint density at radius 1 is 1.35 bits per heavy atom. The molecule has 0 amide bonds. The van der Waals surface area contributed by atoms with Crippen LogP contribution in [0.25, 0.3) is 0 Å². The van der Waals surface area contributed by atoms with Gasteiger partial charge in [0.15, 0.2) is 0 Å². The Labute approximate surface area is 108 Å². The van der Waals surface area contributed by atoms with E-state index in [0.717, 1.165) is 12.0 Å². The standard InChI is InChI=1S/C15H32N2/c1-6-7-8-13(2)17-10-9-14(12-17)11-16-15(3,4)5/h13-14,16H,6-12H2,1-5H3. The zero-order valence-corrected chi connectivity index (χ0v) is 12.6. The maximum Gasteiger partial charge on any atom is 0.00966 e. The van der Waals surface area contributed by atoms with Gasteiger partial charge in [-0.2, -0.15) is 0 Å². The van der Waals surface area contributed by atoms with Crippen LogP contribution in [0.5, 0.6) is 0 Å². The molecule has 0 aromatic rings. The molecule has 1 aliphatic heterocycles. The van der Waals surface area contributed by atoms with Gasteiger partial charge in [0.25, 0.3) is 0 Å². The molecule has 1 rings (SSSR count). The molecule has 102 valence electrons. The van der Waals surface area contributed by atoms with Crippen LogP contribution in [0.1, 0.15) is 60.3 Å². The molecule has 0 spiro atoms. The molecule has 1 N–H and O–H groups in total. The number of nitrogens with zero attached hydrogens (tertiary/aromatic N) is 1. The first kappa shape index (κ1) is 15.0. The summed E-state index contributed by atoms with van der Waals surface area (Å²) in [7, 11) is 0. The molecule has 0 aromatic carbocycles. The molecule has 0 saturated carbocycles. The molecule has 0 aliphatic carbocycles. The van der Waals surface area contributed by atoms with Crippen LogP contribution in [0.2, 0.25) is 0 Å². The molecule has 1 aliphatic rings. The van der Waals surface area contributed by atoms with Crippen molar-refractivity contribution >= 4 is 0 Å². The Bertz CT molecular complexity index is 207. The molecule has 2 heteroatoms. The van der Waals surface area contributed by atoms with E-state index in [1.54, 1.807) is 0 Å². The zero-order chi connectivity index (χ0) is 12.9. The smallest absolute Gasteiger partial charge is 0.00966 e. The van der Waals surface area contributed by atoms with E-state index < -0.39 is 0 Å². The largest absolute Gasteiger partial charge is 0.312 e. The van der Waals surface area contributed by atoms with Gasteiger partial charge in [-0.05, 0) is 59.5 Å². The zero-order valence-electron chi connectivity index (χ0n) is 12.6. The molecule has 17 heavy (non-hydrogen) atoms. The van der Waals surface area contributed by atoms with Crippen LogP contribution in [-0.2, 0) is 0 Å². The molecule has 0 bridgehead atoms. The lowest BCUT2D eigenvalue weighted by atomic mass is 10.1. The van der Waals surface area contributed by atoms with Crippen LogP contribution < -0.4 is 5.32 Å². The fraction of sp³-hybridized carbons (Fsp3) is 1.00. The van der Waals surface area contributed by atoms with Crippen molar-refractivity contribution in [3.05, 3.63) is 0 Å². The number of nitrogens with one attached hydrogen (secondary N) is 1. The lowest BCUT2D eigenvalue weighted by Crippen LogP contribution is -2.40. The van der Waals surface area contributed by atoms with Crippen molar-refractivity contribution in [2.45, 2.75) is 71.9 Å². The first-order valence-corrected chi connectivity index (χ1v) is 7.41. The third-order valence-electron chi connectivity index (χ3n) is 3.84. The molecule has 0 aromatic heterocycles. The minimum Gasteiger partial charge on any atom is -0.312 e. The summed E-state index contributed by atoms with van der Waals surface area (Å²) in [5, 5.41) is 3.64. The molecule has 2 unspecified atom stereocenters. The predicted molar refractivity (Wildman–Crippen MR) is 76.4 cm³/mol. The third-order valence-corrected chi connectivity index (χ3v) is 3.84. The van der Waals surface area contributed by atoms with E-state index in [-0.39, 0.29) is 5.54 Å². The minimum absolute atomic E-state index is 0.265. The van der Waals surface area contributed by atoms with Crippen molar-refractivity contribution in [2.75, 3.05) is 19.6 Å². The summed E-state index contributed by atoms with van der Waals surface area (Å²) in [6.45, 7) is 15.2. The molecule has 0 radical (unpaired) electrons. The van der Waals surface area contributed by atoms with Crippen molar-refractivity contribution in [3.8, 4) is 0 Å². The van der Waals surface area contributed by atoms with Gasteiger partial charge in [-0.1, -0.05) is 19.8 Å². The summed E-state index contributed by atoms with van der Waals surface area (Å²) in [6, 6.07) is 0.787. The second kappa shape index (κ2) is 6.75. The molecule has 1 saturated heterocycles. The SMILES string of the molecule is CCCCC(C)N1CCC(CNC(C)(C)C)C1. The molecule has 1 heterocycles. The highest BCUT2D eigenvalue weighted by Gasteiger charge is 2.26. The lowest BCUT2D eigenvalue weighted by molar-refractivity contribution is 0.231. The molecule has 1 fully saturated rings. The van der Waals surface area contributed by atoms with Crippen molar-refractivity contribution in [2.24, 2.45) is 5.92 Å². The van der Waals surface area contributed by atoms with E-state index in [0.29, 0.717) is 0 Å². The van der Waals surface area contributed by atoms with Gasteiger partial charge in [-0.3, -0.25) is 0 Å². The monoisotopic (exact) mass is 240 g/mol. The average molecular weight is 240 g/mol. The van der Waals surface area contributed by atoms with Crippen LogP contribution in [0, 0.1) is 5.92 Å². The van der Waals surface area contributed by atoms with Crippen molar-refractivity contribution in [3.63, 3.8) is 0 Å². The first-order chi connectivity index (χ1) is 7.92. The maximum atomic E-state index is 3.64. The molecule has 2 atom stereocenters. The van der Waals surface area contributed by atoms with Gasteiger partial charge in [-0.15, -0.1) is 0 Å². The molecular formula is C15H32N2. The van der Waals surface area contributed by atoms with E-state index in [1.807, 2.05) is 0 Å². The number of likely N-dealkylation sites (tertiary alicyclic amines) is 1. The predicted octanol–water partition coefficient (Wildman–Crippen LogP) is 3.28. The summed E-state index contributed by atoms with van der Waals surface area (Å²) < 4.78 is 0. The molecule has 2 nitrogen and oxygen atoms in total. The van der Waals surface area contributed by atoms with Gasteiger partial charge in [0.2, 0.25) is 0 Å². The number of hydrogen-bond acceptors (Lipinski definition) is 2. The van der Waals surface area contributed by atoms with Gasteiger partial charge in [0.1, 0.15) is 0 Å². The van der Waals surface area contributed by atoms with E-state index >= 15 is 0 Å². The van der Waals surface area contributed by atoms with Gasteiger partial charge >= 0.3 is 0 Å². The fourth-order valence-corrected chi connectivity index (χ4v) is 2.56. The van der Waals surface area contributed by atoms with Crippen LogP contribution in [-0.4, -0.2) is 36.1 Å². The van der Waals surface area contributed by atoms with Crippen LogP contribution >= 0.6 is 0 Å². The second-order valence-corrected chi connectivity index (χ2v) is 6.77. The van der Waals surface area contributed by atoms with Crippen LogP contribution in [0.4, 0.5) is 0 Å². The summed E-state index contributed by atoms with van der Waals surface area (Å²) >= 11 is 0. The van der Waals surface area contributed by atoms with Crippen LogP contribution in [0.3, 0.4) is 0 Å². The Hall–Kier alpha value is -0.0800. The van der Waals surface area contributed by atoms with Crippen molar-refractivity contribution in [1.29, 1.82) is 0 Å². The first-order valence-electron chi connectivity index (χ1n) is 7.41. The Morgan fingerprint density at radius 3 is 2.65 bits per heavy atom. The molecular weight excluding hydrogens is 208 g/mol. The van der Waals surface area contributed by atoms with Gasteiger partial charge in [-0.25, -0.2) is 0 Å². The quantitative estimate of drug-likeness (QED) is 0.766. The maximum absolute atomic E-state index is 3.64. The van der Waals surface area contributed by atoms with E-state index in [4.69, 9.17) is 0 Å². The van der Waals surface area contributed by atoms with Crippen LogP contribution in [0.15, 0.2) is 0 Å². The minimum atomic E-state index is 0.265. The topological polar surface area (TPSA) is 15.3 Å². The Balaban J connectivity index is 2.22. The lowest BCUT2D eigenvalue weighted by Gasteiger charge is -2.26. The number of hydrogen-bond donors (Lipinski definition) is 1. The van der Waals surface area contributed by atoms with Gasteiger partial charge < -0.3 is 10.2 Å². The summed E-state index contributed by atoms with van der Waals surface area (Å²) in [6.07, 6.45) is 5.45. The average Bonchev–Trinajstić information content (AvgIpc) is 2.70. The van der Waals surface area contributed by atoms with E-state index in [9.17, 15) is 0 Å².